The van der Waals surface area contributed by atoms with E-state index in [9.17, 15) is 4.79 Å². The minimum Gasteiger partial charge on any atom is -0.336 e. The van der Waals surface area contributed by atoms with Crippen LogP contribution in [0.15, 0.2) is 12.1 Å². The molecule has 1 aliphatic carbocycles. The molecule has 0 radical (unpaired) electrons. The second kappa shape index (κ2) is 5.78. The Morgan fingerprint density at radius 2 is 2.17 bits per heavy atom. The predicted molar refractivity (Wildman–Crippen MR) is 88.4 cm³/mol. The van der Waals surface area contributed by atoms with Crippen molar-refractivity contribution >= 4 is 23.2 Å². The molecule has 23 heavy (non-hydrogen) atoms. The summed E-state index contributed by atoms with van der Waals surface area (Å²) in [6.07, 6.45) is 5.28. The Balaban J connectivity index is 1.66. The predicted octanol–water partition coefficient (Wildman–Crippen LogP) is 3.41. The van der Waals surface area contributed by atoms with E-state index in [0.717, 1.165) is 36.4 Å². The average Bonchev–Trinajstić information content (AvgIpc) is 3.23. The van der Waals surface area contributed by atoms with Crippen LogP contribution in [0.2, 0.25) is 5.15 Å². The molecule has 1 saturated heterocycles. The Kier molecular flexibility index (Phi) is 3.76. The molecule has 2 fully saturated rings. The Bertz CT molecular complexity index is 752. The molecule has 5 nitrogen and oxygen atoms in total. The molecular formula is C17H21ClN4O. The minimum atomic E-state index is 0.252. The van der Waals surface area contributed by atoms with E-state index in [0.29, 0.717) is 30.0 Å². The van der Waals surface area contributed by atoms with Gasteiger partial charge in [-0.3, -0.25) is 4.79 Å². The van der Waals surface area contributed by atoms with Crippen LogP contribution in [0, 0.1) is 5.92 Å². The first-order valence-corrected chi connectivity index (χ1v) is 8.85. The van der Waals surface area contributed by atoms with Gasteiger partial charge in [-0.15, -0.1) is 0 Å². The Labute approximate surface area is 140 Å². The number of amides is 1. The van der Waals surface area contributed by atoms with Crippen molar-refractivity contribution in [1.82, 2.24) is 19.5 Å². The van der Waals surface area contributed by atoms with E-state index in [1.54, 1.807) is 6.07 Å². The van der Waals surface area contributed by atoms with Crippen LogP contribution in [0.5, 0.6) is 0 Å². The quantitative estimate of drug-likeness (QED) is 0.843. The molecule has 2 aliphatic rings. The van der Waals surface area contributed by atoms with Crippen molar-refractivity contribution in [2.45, 2.75) is 51.5 Å². The fourth-order valence-corrected chi connectivity index (χ4v) is 3.73. The largest absolute Gasteiger partial charge is 0.336 e. The Morgan fingerprint density at radius 3 is 2.91 bits per heavy atom. The number of hydrogen-bond donors (Lipinski definition) is 0. The smallest absolute Gasteiger partial charge is 0.223 e. The highest BCUT2D eigenvalue weighted by atomic mass is 35.5. The maximum absolute atomic E-state index is 12.3. The van der Waals surface area contributed by atoms with E-state index in [1.807, 2.05) is 15.5 Å². The Morgan fingerprint density at radius 1 is 1.35 bits per heavy atom. The summed E-state index contributed by atoms with van der Waals surface area (Å²) < 4.78 is 1.83. The van der Waals surface area contributed by atoms with Gasteiger partial charge in [-0.25, -0.2) is 9.50 Å². The zero-order chi connectivity index (χ0) is 16.0. The average molecular weight is 333 g/mol. The van der Waals surface area contributed by atoms with Crippen molar-refractivity contribution in [2.24, 2.45) is 5.92 Å². The molecule has 122 valence electrons. The first kappa shape index (κ1) is 14.9. The number of carbonyl (C=O) groups excluding carboxylic acids is 1. The molecule has 0 aromatic carbocycles. The number of rotatable bonds is 5. The lowest BCUT2D eigenvalue weighted by atomic mass is 10.0. The lowest BCUT2D eigenvalue weighted by molar-refractivity contribution is -0.128. The maximum atomic E-state index is 12.3. The summed E-state index contributed by atoms with van der Waals surface area (Å²) in [7, 11) is 0. The van der Waals surface area contributed by atoms with Crippen molar-refractivity contribution < 1.29 is 4.79 Å². The van der Waals surface area contributed by atoms with Crippen molar-refractivity contribution in [3.8, 4) is 0 Å². The SMILES string of the molecule is CCCC1CC(=O)N(Cc2c(C3CC3)nc3ccc(Cl)nn23)C1. The fourth-order valence-electron chi connectivity index (χ4n) is 3.59. The summed E-state index contributed by atoms with van der Waals surface area (Å²) in [5, 5.41) is 4.86. The standard InChI is InChI=1S/C17H21ClN4O/c1-2-3-11-8-16(23)21(9-11)10-13-17(12-4-5-12)19-15-7-6-14(18)20-22(13)15/h6-7,11-12H,2-5,8-10H2,1H3. The number of carbonyl (C=O) groups is 1. The molecule has 0 N–H and O–H groups in total. The van der Waals surface area contributed by atoms with Gasteiger partial charge >= 0.3 is 0 Å². The van der Waals surface area contributed by atoms with Gasteiger partial charge in [0.15, 0.2) is 5.65 Å². The number of aromatic nitrogens is 3. The van der Waals surface area contributed by atoms with Gasteiger partial charge in [0, 0.05) is 18.9 Å². The highest BCUT2D eigenvalue weighted by molar-refractivity contribution is 6.29. The monoisotopic (exact) mass is 332 g/mol. The summed E-state index contributed by atoms with van der Waals surface area (Å²) in [6, 6.07) is 3.67. The van der Waals surface area contributed by atoms with Gasteiger partial charge in [-0.05, 0) is 37.3 Å². The van der Waals surface area contributed by atoms with Crippen LogP contribution in [-0.2, 0) is 11.3 Å². The molecule has 0 spiro atoms. The van der Waals surface area contributed by atoms with Crippen LogP contribution in [0.3, 0.4) is 0 Å². The Hall–Kier alpha value is -1.62. The third-order valence-electron chi connectivity index (χ3n) is 4.86. The van der Waals surface area contributed by atoms with Gasteiger partial charge < -0.3 is 4.90 Å². The number of fused-ring (bicyclic) bond motifs is 1. The van der Waals surface area contributed by atoms with Gasteiger partial charge in [-0.2, -0.15) is 5.10 Å². The minimum absolute atomic E-state index is 0.252. The topological polar surface area (TPSA) is 50.5 Å². The number of imidazole rings is 1. The molecule has 1 atom stereocenters. The highest BCUT2D eigenvalue weighted by Gasteiger charge is 2.34. The number of likely N-dealkylation sites (tertiary alicyclic amines) is 1. The second-order valence-electron chi connectivity index (χ2n) is 6.78. The molecule has 1 amide bonds. The molecule has 3 heterocycles. The summed E-state index contributed by atoms with van der Waals surface area (Å²) >= 11 is 6.06. The van der Waals surface area contributed by atoms with Crippen molar-refractivity contribution in [3.05, 3.63) is 28.7 Å². The molecule has 2 aromatic rings. The van der Waals surface area contributed by atoms with Crippen LogP contribution in [0.1, 0.15) is 56.3 Å². The second-order valence-corrected chi connectivity index (χ2v) is 7.16. The van der Waals surface area contributed by atoms with Crippen LogP contribution >= 0.6 is 11.6 Å². The van der Waals surface area contributed by atoms with E-state index >= 15 is 0 Å². The molecule has 2 aromatic heterocycles. The third-order valence-corrected chi connectivity index (χ3v) is 5.07. The molecule has 1 saturated carbocycles. The van der Waals surface area contributed by atoms with Crippen LogP contribution in [-0.4, -0.2) is 31.9 Å². The third kappa shape index (κ3) is 2.82. The van der Waals surface area contributed by atoms with E-state index in [-0.39, 0.29) is 5.91 Å². The first-order chi connectivity index (χ1) is 11.2. The maximum Gasteiger partial charge on any atom is 0.223 e. The van der Waals surface area contributed by atoms with E-state index < -0.39 is 0 Å². The lowest BCUT2D eigenvalue weighted by Crippen LogP contribution is -2.26. The van der Waals surface area contributed by atoms with Crippen LogP contribution in [0.25, 0.3) is 5.65 Å². The summed E-state index contributed by atoms with van der Waals surface area (Å²) in [6.45, 7) is 3.62. The summed E-state index contributed by atoms with van der Waals surface area (Å²) in [5.74, 6) is 1.27. The van der Waals surface area contributed by atoms with Gasteiger partial charge in [0.2, 0.25) is 5.91 Å². The van der Waals surface area contributed by atoms with E-state index in [4.69, 9.17) is 16.6 Å². The zero-order valence-electron chi connectivity index (χ0n) is 13.3. The molecule has 1 unspecified atom stereocenters. The number of halogens is 1. The molecule has 0 bridgehead atoms. The van der Waals surface area contributed by atoms with Crippen LogP contribution < -0.4 is 0 Å². The first-order valence-electron chi connectivity index (χ1n) is 8.47. The van der Waals surface area contributed by atoms with Gasteiger partial charge in [-0.1, -0.05) is 24.9 Å². The van der Waals surface area contributed by atoms with E-state index in [2.05, 4.69) is 12.0 Å². The molecule has 6 heteroatoms. The number of hydrogen-bond acceptors (Lipinski definition) is 3. The van der Waals surface area contributed by atoms with Crippen LogP contribution in [0.4, 0.5) is 0 Å². The highest BCUT2D eigenvalue weighted by Crippen LogP contribution is 2.41. The summed E-state index contributed by atoms with van der Waals surface area (Å²) in [4.78, 5) is 19.0. The van der Waals surface area contributed by atoms with E-state index in [1.165, 1.54) is 12.8 Å². The van der Waals surface area contributed by atoms with Gasteiger partial charge in [0.05, 0.1) is 17.9 Å². The van der Waals surface area contributed by atoms with Gasteiger partial charge in [0.25, 0.3) is 0 Å². The normalized spacial score (nSPS) is 21.6. The van der Waals surface area contributed by atoms with Crippen molar-refractivity contribution in [3.63, 3.8) is 0 Å². The molecule has 1 aliphatic heterocycles. The van der Waals surface area contributed by atoms with Crippen molar-refractivity contribution in [2.75, 3.05) is 6.54 Å². The fraction of sp³-hybridized carbons (Fsp3) is 0.588. The zero-order valence-corrected chi connectivity index (χ0v) is 14.1. The number of nitrogens with zero attached hydrogens (tertiary/aromatic N) is 4. The summed E-state index contributed by atoms with van der Waals surface area (Å²) in [5.41, 5.74) is 2.96. The molecular weight excluding hydrogens is 312 g/mol. The lowest BCUT2D eigenvalue weighted by Gasteiger charge is -2.17. The van der Waals surface area contributed by atoms with Gasteiger partial charge in [0.1, 0.15) is 5.15 Å². The van der Waals surface area contributed by atoms with Crippen molar-refractivity contribution in [1.29, 1.82) is 0 Å². The molecule has 4 rings (SSSR count).